The van der Waals surface area contributed by atoms with E-state index < -0.39 is 12.1 Å². The molecule has 0 aromatic heterocycles. The van der Waals surface area contributed by atoms with Crippen molar-refractivity contribution in [3.05, 3.63) is 30.7 Å². The maximum atomic E-state index is 9.48. The normalized spacial score (nSPS) is 15.4. The van der Waals surface area contributed by atoms with Gasteiger partial charge in [-0.05, 0) is 39.5 Å². The minimum absolute atomic E-state index is 0.435. The summed E-state index contributed by atoms with van der Waals surface area (Å²) in [5.41, 5.74) is 6.98. The number of hydrogen-bond acceptors (Lipinski definition) is 2. The highest BCUT2D eigenvalue weighted by atomic mass is 16.3. The number of aliphatic hydroxyl groups is 1. The summed E-state index contributed by atoms with van der Waals surface area (Å²) in [7, 11) is 0. The van der Waals surface area contributed by atoms with Crippen molar-refractivity contribution in [2.75, 3.05) is 0 Å². The zero-order valence-corrected chi connectivity index (χ0v) is 14.9. The van der Waals surface area contributed by atoms with Crippen molar-refractivity contribution < 1.29 is 5.11 Å². The first-order valence-corrected chi connectivity index (χ1v) is 9.17. The number of rotatable bonds is 14. The average molecular weight is 309 g/mol. The predicted octanol–water partition coefficient (Wildman–Crippen LogP) is 5.32. The molecule has 2 heteroatoms. The van der Waals surface area contributed by atoms with Gasteiger partial charge in [0.15, 0.2) is 0 Å². The van der Waals surface area contributed by atoms with E-state index in [0.717, 1.165) is 12.8 Å². The van der Waals surface area contributed by atoms with Gasteiger partial charge in [0.2, 0.25) is 0 Å². The van der Waals surface area contributed by atoms with E-state index in [2.05, 4.69) is 26.8 Å². The fourth-order valence-electron chi connectivity index (χ4n) is 2.44. The molecule has 0 aromatic carbocycles. The summed E-state index contributed by atoms with van der Waals surface area (Å²) in [6.07, 6.45) is 19.7. The highest BCUT2D eigenvalue weighted by molar-refractivity contribution is 5.00. The van der Waals surface area contributed by atoms with Gasteiger partial charge in [-0.3, -0.25) is 0 Å². The van der Waals surface area contributed by atoms with Crippen molar-refractivity contribution in [1.82, 2.24) is 0 Å². The first kappa shape index (κ1) is 21.4. The van der Waals surface area contributed by atoms with Gasteiger partial charge in [0.1, 0.15) is 0 Å². The molecule has 1 radical (unpaired) electrons. The lowest BCUT2D eigenvalue weighted by atomic mass is 10.0. The van der Waals surface area contributed by atoms with Gasteiger partial charge in [-0.2, -0.15) is 0 Å². The Kier molecular flexibility index (Phi) is 14.9. The molecule has 0 saturated heterocycles. The van der Waals surface area contributed by atoms with Gasteiger partial charge in [0, 0.05) is 6.04 Å². The summed E-state index contributed by atoms with van der Waals surface area (Å²) < 4.78 is 0. The Morgan fingerprint density at radius 3 is 2.23 bits per heavy atom. The second-order valence-electron chi connectivity index (χ2n) is 6.44. The van der Waals surface area contributed by atoms with Gasteiger partial charge in [-0.1, -0.05) is 75.7 Å². The van der Waals surface area contributed by atoms with Crippen molar-refractivity contribution in [2.24, 2.45) is 5.73 Å². The third-order valence-electron chi connectivity index (χ3n) is 4.02. The monoisotopic (exact) mass is 308 g/mol. The minimum Gasteiger partial charge on any atom is -0.387 e. The van der Waals surface area contributed by atoms with Crippen LogP contribution >= 0.6 is 0 Å². The van der Waals surface area contributed by atoms with Crippen LogP contribution in [0.4, 0.5) is 0 Å². The quantitative estimate of drug-likeness (QED) is 0.337. The Balaban J connectivity index is 3.49. The summed E-state index contributed by atoms with van der Waals surface area (Å²) in [5.74, 6) is 0. The molecule has 0 bridgehead atoms. The largest absolute Gasteiger partial charge is 0.387 e. The second kappa shape index (κ2) is 15.3. The molecule has 0 spiro atoms. The summed E-state index contributed by atoms with van der Waals surface area (Å²) in [4.78, 5) is 0. The molecule has 0 aliphatic heterocycles. The third-order valence-corrected chi connectivity index (χ3v) is 4.02. The van der Waals surface area contributed by atoms with Crippen LogP contribution in [0, 0.1) is 6.92 Å². The van der Waals surface area contributed by atoms with Gasteiger partial charge >= 0.3 is 0 Å². The van der Waals surface area contributed by atoms with Gasteiger partial charge in [0.25, 0.3) is 0 Å². The summed E-state index contributed by atoms with van der Waals surface area (Å²) in [5, 5.41) is 9.48. The topological polar surface area (TPSA) is 46.2 Å². The molecule has 2 nitrogen and oxygen atoms in total. The first-order valence-electron chi connectivity index (χ1n) is 9.17. The highest BCUT2D eigenvalue weighted by Gasteiger charge is 2.03. The lowest BCUT2D eigenvalue weighted by Crippen LogP contribution is -2.29. The molecule has 0 aromatic rings. The van der Waals surface area contributed by atoms with Crippen molar-refractivity contribution in [3.63, 3.8) is 0 Å². The summed E-state index contributed by atoms with van der Waals surface area (Å²) in [6, 6.07) is -0.435. The number of unbranched alkanes of at least 4 members (excludes halogenated alkanes) is 8. The van der Waals surface area contributed by atoms with Crippen molar-refractivity contribution in [2.45, 2.75) is 96.6 Å². The number of aliphatic hydroxyl groups excluding tert-OH is 1. The standard InChI is InChI=1S/C20H38NO/c1-4-5-6-7-8-9-10-12-15-18(2)16-13-11-14-17-20(22)19(3)21/h14,16-17,19-20,22H,3-13,15,21H2,1-2H3. The van der Waals surface area contributed by atoms with Crippen LogP contribution in [0.25, 0.3) is 0 Å². The first-order chi connectivity index (χ1) is 10.6. The molecule has 0 fully saturated rings. The lowest BCUT2D eigenvalue weighted by molar-refractivity contribution is 0.207. The van der Waals surface area contributed by atoms with Crippen LogP contribution in [0.2, 0.25) is 0 Å². The highest BCUT2D eigenvalue weighted by Crippen LogP contribution is 2.13. The molecule has 0 rings (SSSR count). The van der Waals surface area contributed by atoms with Crippen LogP contribution in [-0.4, -0.2) is 17.3 Å². The van der Waals surface area contributed by atoms with Gasteiger partial charge in [-0.25, -0.2) is 0 Å². The fourth-order valence-corrected chi connectivity index (χ4v) is 2.44. The Morgan fingerprint density at radius 2 is 1.64 bits per heavy atom. The molecule has 0 aliphatic rings. The molecule has 22 heavy (non-hydrogen) atoms. The van der Waals surface area contributed by atoms with Crippen LogP contribution in [0.3, 0.4) is 0 Å². The van der Waals surface area contributed by atoms with E-state index in [1.807, 2.05) is 6.08 Å². The van der Waals surface area contributed by atoms with Crippen LogP contribution < -0.4 is 5.73 Å². The zero-order valence-electron chi connectivity index (χ0n) is 14.9. The van der Waals surface area contributed by atoms with E-state index in [1.165, 1.54) is 63.4 Å². The van der Waals surface area contributed by atoms with E-state index in [9.17, 15) is 5.11 Å². The smallest absolute Gasteiger partial charge is 0.0871 e. The molecule has 0 amide bonds. The Hall–Kier alpha value is -0.600. The van der Waals surface area contributed by atoms with Crippen molar-refractivity contribution in [3.8, 4) is 0 Å². The van der Waals surface area contributed by atoms with Crippen LogP contribution in [0.5, 0.6) is 0 Å². The Labute approximate surface area is 138 Å². The molecule has 2 unspecified atom stereocenters. The van der Waals surface area contributed by atoms with Crippen molar-refractivity contribution >= 4 is 0 Å². The van der Waals surface area contributed by atoms with Crippen molar-refractivity contribution in [1.29, 1.82) is 0 Å². The molecule has 0 heterocycles. The van der Waals surface area contributed by atoms with E-state index >= 15 is 0 Å². The minimum atomic E-state index is -0.623. The zero-order chi connectivity index (χ0) is 16.6. The van der Waals surface area contributed by atoms with Gasteiger partial charge < -0.3 is 10.8 Å². The predicted molar refractivity (Wildman–Crippen MR) is 98.7 cm³/mol. The number of hydrogen-bond donors (Lipinski definition) is 2. The molecular weight excluding hydrogens is 270 g/mol. The molecule has 3 N–H and O–H groups in total. The van der Waals surface area contributed by atoms with E-state index in [0.29, 0.717) is 0 Å². The summed E-state index contributed by atoms with van der Waals surface area (Å²) in [6.45, 7) is 8.09. The maximum Gasteiger partial charge on any atom is 0.0871 e. The molecule has 129 valence electrons. The number of nitrogens with two attached hydrogens (primary N) is 1. The van der Waals surface area contributed by atoms with Crippen LogP contribution in [0.15, 0.2) is 23.8 Å². The van der Waals surface area contributed by atoms with E-state index in [4.69, 9.17) is 5.73 Å². The molecule has 0 aliphatic carbocycles. The Morgan fingerprint density at radius 1 is 1.05 bits per heavy atom. The molecule has 2 atom stereocenters. The van der Waals surface area contributed by atoms with Gasteiger partial charge in [-0.15, -0.1) is 0 Å². The number of allylic oxidation sites excluding steroid dienone is 3. The maximum absolute atomic E-state index is 9.48. The second-order valence-corrected chi connectivity index (χ2v) is 6.44. The molecular formula is C20H38NO. The fraction of sp³-hybridized carbons (Fsp3) is 0.750. The van der Waals surface area contributed by atoms with Gasteiger partial charge in [0.05, 0.1) is 6.10 Å². The lowest BCUT2D eigenvalue weighted by Gasteiger charge is -2.08. The third kappa shape index (κ3) is 14.3. The van der Waals surface area contributed by atoms with Crippen LogP contribution in [0.1, 0.15) is 84.5 Å². The summed E-state index contributed by atoms with van der Waals surface area (Å²) >= 11 is 0. The van der Waals surface area contributed by atoms with E-state index in [-0.39, 0.29) is 0 Å². The Bertz CT molecular complexity index is 294. The van der Waals surface area contributed by atoms with E-state index in [1.54, 1.807) is 6.08 Å². The molecule has 0 saturated carbocycles. The average Bonchev–Trinajstić information content (AvgIpc) is 2.49. The SMILES string of the molecule is [CH2]C(N)C(O)C=CCCC=C(C)CCCCCCCCCC. The van der Waals surface area contributed by atoms with Crippen LogP contribution in [-0.2, 0) is 0 Å².